The summed E-state index contributed by atoms with van der Waals surface area (Å²) in [6.07, 6.45) is 1.51. The van der Waals surface area contributed by atoms with Crippen molar-refractivity contribution in [2.75, 3.05) is 16.9 Å². The minimum atomic E-state index is -1.04. The lowest BCUT2D eigenvalue weighted by Gasteiger charge is -2.23. The van der Waals surface area contributed by atoms with Gasteiger partial charge in [-0.25, -0.2) is 9.37 Å². The van der Waals surface area contributed by atoms with Gasteiger partial charge in [0, 0.05) is 6.42 Å². The van der Waals surface area contributed by atoms with Crippen molar-refractivity contribution in [3.63, 3.8) is 0 Å². The Balaban J connectivity index is 1.98. The molecule has 24 heavy (non-hydrogen) atoms. The van der Waals surface area contributed by atoms with Crippen LogP contribution in [0.3, 0.4) is 0 Å². The SMILES string of the molecule is CSc1nc2c(c(=O)[nH]1)[C@@H](C(=O)Nc1ccccc1F)CC(=O)N2. The molecule has 0 bridgehead atoms. The Morgan fingerprint density at radius 3 is 2.83 bits per heavy atom. The number of rotatable bonds is 3. The van der Waals surface area contributed by atoms with E-state index in [1.165, 1.54) is 30.0 Å². The Labute approximate surface area is 140 Å². The minimum Gasteiger partial charge on any atom is -0.323 e. The van der Waals surface area contributed by atoms with Crippen molar-refractivity contribution in [3.05, 3.63) is 46.0 Å². The van der Waals surface area contributed by atoms with Crippen molar-refractivity contribution in [1.29, 1.82) is 0 Å². The van der Waals surface area contributed by atoms with Crippen LogP contribution in [0.15, 0.2) is 34.2 Å². The number of aromatic nitrogens is 2. The Hall–Kier alpha value is -2.68. The zero-order valence-electron chi connectivity index (χ0n) is 12.6. The maximum Gasteiger partial charge on any atom is 0.257 e. The molecule has 0 unspecified atom stereocenters. The van der Waals surface area contributed by atoms with Gasteiger partial charge in [0.05, 0.1) is 17.2 Å². The zero-order chi connectivity index (χ0) is 17.3. The van der Waals surface area contributed by atoms with Gasteiger partial charge in [-0.3, -0.25) is 14.4 Å². The van der Waals surface area contributed by atoms with E-state index in [9.17, 15) is 18.8 Å². The molecule has 1 aliphatic rings. The van der Waals surface area contributed by atoms with Crippen molar-refractivity contribution in [2.45, 2.75) is 17.5 Å². The minimum absolute atomic E-state index is 0.0137. The van der Waals surface area contributed by atoms with Crippen LogP contribution in [0.5, 0.6) is 0 Å². The molecule has 1 atom stereocenters. The maximum atomic E-state index is 13.7. The van der Waals surface area contributed by atoms with E-state index in [4.69, 9.17) is 0 Å². The lowest BCUT2D eigenvalue weighted by atomic mass is 9.92. The molecule has 124 valence electrons. The number of amides is 2. The molecule has 2 heterocycles. The number of thioether (sulfide) groups is 1. The van der Waals surface area contributed by atoms with Gasteiger partial charge < -0.3 is 15.6 Å². The van der Waals surface area contributed by atoms with Crippen molar-refractivity contribution in [2.24, 2.45) is 0 Å². The molecule has 0 saturated heterocycles. The number of benzene rings is 1. The summed E-state index contributed by atoms with van der Waals surface area (Å²) in [6, 6.07) is 5.67. The fourth-order valence-electron chi connectivity index (χ4n) is 2.45. The van der Waals surface area contributed by atoms with E-state index in [0.29, 0.717) is 5.16 Å². The first-order valence-corrected chi connectivity index (χ1v) is 8.25. The molecule has 2 aromatic rings. The number of aromatic amines is 1. The number of para-hydroxylation sites is 1. The summed E-state index contributed by atoms with van der Waals surface area (Å²) in [5.41, 5.74) is -0.445. The normalized spacial score (nSPS) is 16.2. The third kappa shape index (κ3) is 3.02. The summed E-state index contributed by atoms with van der Waals surface area (Å²) in [5.74, 6) is -2.65. The standard InChI is InChI=1S/C15H13FN4O3S/c1-24-15-19-12-11(14(23)20-15)7(6-10(21)18-12)13(22)17-9-5-3-2-4-8(9)16/h2-5,7H,6H2,1H3,(H,17,22)(H2,18,19,20,21,23)/t7-/m0/s1. The second-order valence-electron chi connectivity index (χ2n) is 5.11. The van der Waals surface area contributed by atoms with Crippen LogP contribution in [0.2, 0.25) is 0 Å². The molecule has 3 rings (SSSR count). The summed E-state index contributed by atoms with van der Waals surface area (Å²) in [7, 11) is 0. The summed E-state index contributed by atoms with van der Waals surface area (Å²) >= 11 is 1.20. The van der Waals surface area contributed by atoms with Crippen LogP contribution in [-0.2, 0) is 9.59 Å². The van der Waals surface area contributed by atoms with Crippen LogP contribution in [0.4, 0.5) is 15.9 Å². The van der Waals surface area contributed by atoms with Crippen molar-refractivity contribution >= 4 is 35.1 Å². The van der Waals surface area contributed by atoms with Gasteiger partial charge in [0.25, 0.3) is 5.56 Å². The van der Waals surface area contributed by atoms with Gasteiger partial charge in [0.15, 0.2) is 5.16 Å². The lowest BCUT2D eigenvalue weighted by molar-refractivity contribution is -0.123. The molecule has 9 heteroatoms. The number of anilines is 2. The molecule has 1 aromatic carbocycles. The molecule has 0 spiro atoms. The summed E-state index contributed by atoms with van der Waals surface area (Å²) < 4.78 is 13.7. The van der Waals surface area contributed by atoms with Crippen LogP contribution in [0.1, 0.15) is 17.9 Å². The Bertz CT molecular complexity index is 883. The number of H-pyrrole nitrogens is 1. The first-order valence-electron chi connectivity index (χ1n) is 7.03. The van der Waals surface area contributed by atoms with E-state index in [0.717, 1.165) is 0 Å². The van der Waals surface area contributed by atoms with Crippen molar-refractivity contribution in [1.82, 2.24) is 9.97 Å². The molecule has 0 saturated carbocycles. The quantitative estimate of drug-likeness (QED) is 0.578. The predicted octanol–water partition coefficient (Wildman–Crippen LogP) is 1.70. The number of hydrogen-bond donors (Lipinski definition) is 3. The summed E-state index contributed by atoms with van der Waals surface area (Å²) in [4.78, 5) is 43.3. The van der Waals surface area contributed by atoms with Gasteiger partial charge in [0.1, 0.15) is 11.6 Å². The molecule has 1 aromatic heterocycles. The van der Waals surface area contributed by atoms with Crippen LogP contribution >= 0.6 is 11.8 Å². The average Bonchev–Trinajstić information content (AvgIpc) is 2.55. The fourth-order valence-corrected chi connectivity index (χ4v) is 2.83. The number of fused-ring (bicyclic) bond motifs is 1. The largest absolute Gasteiger partial charge is 0.323 e. The number of carbonyl (C=O) groups is 2. The van der Waals surface area contributed by atoms with E-state index in [1.54, 1.807) is 12.3 Å². The third-order valence-corrected chi connectivity index (χ3v) is 4.15. The number of hydrogen-bond acceptors (Lipinski definition) is 5. The number of nitrogens with zero attached hydrogens (tertiary/aromatic N) is 1. The second kappa shape index (κ2) is 6.44. The molecule has 7 nitrogen and oxygen atoms in total. The highest BCUT2D eigenvalue weighted by molar-refractivity contribution is 7.98. The first-order chi connectivity index (χ1) is 11.5. The third-order valence-electron chi connectivity index (χ3n) is 3.57. The Kier molecular flexibility index (Phi) is 4.34. The molecular formula is C15H13FN4O3S. The van der Waals surface area contributed by atoms with E-state index < -0.39 is 29.1 Å². The monoisotopic (exact) mass is 348 g/mol. The predicted molar refractivity (Wildman–Crippen MR) is 87.7 cm³/mol. The molecular weight excluding hydrogens is 335 g/mol. The van der Waals surface area contributed by atoms with Gasteiger partial charge in [-0.2, -0.15) is 0 Å². The number of halogens is 1. The van der Waals surface area contributed by atoms with Gasteiger partial charge >= 0.3 is 0 Å². The molecule has 1 aliphatic heterocycles. The van der Waals surface area contributed by atoms with Crippen molar-refractivity contribution in [3.8, 4) is 0 Å². The topological polar surface area (TPSA) is 104 Å². The smallest absolute Gasteiger partial charge is 0.257 e. The lowest BCUT2D eigenvalue weighted by Crippen LogP contribution is -2.36. The number of carbonyl (C=O) groups excluding carboxylic acids is 2. The highest BCUT2D eigenvalue weighted by Gasteiger charge is 2.34. The maximum absolute atomic E-state index is 13.7. The van der Waals surface area contributed by atoms with E-state index in [2.05, 4.69) is 20.6 Å². The van der Waals surface area contributed by atoms with Gasteiger partial charge in [0.2, 0.25) is 11.8 Å². The average molecular weight is 348 g/mol. The highest BCUT2D eigenvalue weighted by atomic mass is 32.2. The molecule has 0 aliphatic carbocycles. The molecule has 0 radical (unpaired) electrons. The Morgan fingerprint density at radius 2 is 2.12 bits per heavy atom. The molecule has 3 N–H and O–H groups in total. The van der Waals surface area contributed by atoms with Gasteiger partial charge in [-0.05, 0) is 18.4 Å². The van der Waals surface area contributed by atoms with E-state index in [-0.39, 0.29) is 23.5 Å². The zero-order valence-corrected chi connectivity index (χ0v) is 13.4. The number of nitrogens with one attached hydrogen (secondary N) is 3. The van der Waals surface area contributed by atoms with Gasteiger partial charge in [-0.1, -0.05) is 23.9 Å². The van der Waals surface area contributed by atoms with Crippen LogP contribution in [-0.4, -0.2) is 28.0 Å². The van der Waals surface area contributed by atoms with E-state index in [1.807, 2.05) is 0 Å². The van der Waals surface area contributed by atoms with Crippen molar-refractivity contribution < 1.29 is 14.0 Å². The van der Waals surface area contributed by atoms with E-state index >= 15 is 0 Å². The van der Waals surface area contributed by atoms with Crippen LogP contribution in [0.25, 0.3) is 0 Å². The molecule has 2 amide bonds. The Morgan fingerprint density at radius 1 is 1.38 bits per heavy atom. The van der Waals surface area contributed by atoms with Gasteiger partial charge in [-0.15, -0.1) is 0 Å². The summed E-state index contributed by atoms with van der Waals surface area (Å²) in [6.45, 7) is 0. The van der Waals surface area contributed by atoms with Crippen LogP contribution < -0.4 is 16.2 Å². The fraction of sp³-hybridized carbons (Fsp3) is 0.200. The first kappa shape index (κ1) is 16.2. The summed E-state index contributed by atoms with van der Waals surface area (Å²) in [5, 5.41) is 5.24. The highest BCUT2D eigenvalue weighted by Crippen LogP contribution is 2.30. The molecule has 0 fully saturated rings. The van der Waals surface area contributed by atoms with Crippen LogP contribution in [0, 0.1) is 5.82 Å². The second-order valence-corrected chi connectivity index (χ2v) is 5.91.